The maximum Gasteiger partial charge on any atom is 0.295 e. The number of benzene rings is 1. The Morgan fingerprint density at radius 1 is 1.22 bits per heavy atom. The maximum atomic E-state index is 13.6. The van der Waals surface area contributed by atoms with E-state index in [1.165, 1.54) is 19.0 Å². The molecule has 11 heteroatoms. The van der Waals surface area contributed by atoms with Gasteiger partial charge in [0, 0.05) is 56.5 Å². The first-order valence-electron chi connectivity index (χ1n) is 12.3. The van der Waals surface area contributed by atoms with Crippen LogP contribution in [0.2, 0.25) is 5.02 Å². The molecule has 6 rings (SSSR count). The number of piperidine rings is 1. The largest absolute Gasteiger partial charge is 0.486 e. The molecule has 1 atom stereocenters. The molecule has 2 aliphatic heterocycles. The van der Waals surface area contributed by atoms with Crippen molar-refractivity contribution in [2.75, 3.05) is 35.2 Å². The van der Waals surface area contributed by atoms with E-state index in [2.05, 4.69) is 20.6 Å². The number of rotatable bonds is 4. The van der Waals surface area contributed by atoms with Gasteiger partial charge in [0.2, 0.25) is 11.7 Å². The van der Waals surface area contributed by atoms with Gasteiger partial charge in [-0.25, -0.2) is 13.8 Å². The summed E-state index contributed by atoms with van der Waals surface area (Å²) in [5.41, 5.74) is 2.04. The summed E-state index contributed by atoms with van der Waals surface area (Å²) in [7, 11) is 1.74. The van der Waals surface area contributed by atoms with Crippen LogP contribution in [0.3, 0.4) is 0 Å². The molecule has 1 saturated carbocycles. The Kier molecular flexibility index (Phi) is 5.66. The predicted molar refractivity (Wildman–Crippen MR) is 136 cm³/mol. The fourth-order valence-electron chi connectivity index (χ4n) is 5.04. The number of nitrogens with one attached hydrogen (secondary N) is 2. The third-order valence-electron chi connectivity index (χ3n) is 7.32. The lowest BCUT2D eigenvalue weighted by molar-refractivity contribution is -0.0222. The van der Waals surface area contributed by atoms with Gasteiger partial charge in [0.25, 0.3) is 11.5 Å². The number of hydrogen-bond acceptors (Lipinski definition) is 7. The molecule has 190 valence electrons. The molecule has 1 aliphatic carbocycles. The second kappa shape index (κ2) is 8.76. The third kappa shape index (κ3) is 4.31. The molecular formula is C25H27ClF2N6O2. The van der Waals surface area contributed by atoms with Crippen LogP contribution in [0, 0.1) is 5.92 Å². The van der Waals surface area contributed by atoms with Crippen molar-refractivity contribution in [2.24, 2.45) is 13.0 Å². The SMILES string of the molecule is Cn1c(=O)c2c(c3cc(Nc4nc(N5CCC(F)(F)CC5)ncc4Cl)ccc31)NC(C1CC1)CCO2. The van der Waals surface area contributed by atoms with Crippen LogP contribution in [0.15, 0.2) is 29.2 Å². The van der Waals surface area contributed by atoms with Crippen molar-refractivity contribution < 1.29 is 13.5 Å². The summed E-state index contributed by atoms with van der Waals surface area (Å²) in [6.07, 6.45) is 4.24. The van der Waals surface area contributed by atoms with Crippen LogP contribution >= 0.6 is 11.6 Å². The Balaban J connectivity index is 1.35. The summed E-state index contributed by atoms with van der Waals surface area (Å²) in [4.78, 5) is 23.5. The van der Waals surface area contributed by atoms with Gasteiger partial charge in [-0.15, -0.1) is 0 Å². The molecule has 1 aromatic carbocycles. The first-order valence-corrected chi connectivity index (χ1v) is 12.7. The highest BCUT2D eigenvalue weighted by atomic mass is 35.5. The van der Waals surface area contributed by atoms with E-state index in [4.69, 9.17) is 16.3 Å². The second-order valence-corrected chi connectivity index (χ2v) is 10.3. The maximum absolute atomic E-state index is 13.6. The molecule has 0 bridgehead atoms. The van der Waals surface area contributed by atoms with E-state index >= 15 is 0 Å². The van der Waals surface area contributed by atoms with Crippen LogP contribution in [-0.4, -0.2) is 46.2 Å². The number of aryl methyl sites for hydroxylation is 1. The molecule has 36 heavy (non-hydrogen) atoms. The molecule has 3 aliphatic rings. The fraction of sp³-hybridized carbons (Fsp3) is 0.480. The van der Waals surface area contributed by atoms with E-state index in [0.717, 1.165) is 23.0 Å². The lowest BCUT2D eigenvalue weighted by Gasteiger charge is -2.31. The molecule has 2 aromatic heterocycles. The minimum Gasteiger partial charge on any atom is -0.486 e. The first-order chi connectivity index (χ1) is 17.3. The normalized spacial score (nSPS) is 21.3. The van der Waals surface area contributed by atoms with E-state index < -0.39 is 5.92 Å². The molecule has 4 heterocycles. The van der Waals surface area contributed by atoms with Crippen molar-refractivity contribution in [2.45, 2.75) is 44.1 Å². The molecule has 0 spiro atoms. The van der Waals surface area contributed by atoms with Crippen molar-refractivity contribution in [3.05, 3.63) is 39.8 Å². The van der Waals surface area contributed by atoms with E-state index in [-0.39, 0.29) is 37.5 Å². The van der Waals surface area contributed by atoms with Crippen LogP contribution in [-0.2, 0) is 7.05 Å². The molecule has 3 aromatic rings. The summed E-state index contributed by atoms with van der Waals surface area (Å²) >= 11 is 6.39. The number of alkyl halides is 2. The van der Waals surface area contributed by atoms with Crippen LogP contribution in [0.1, 0.15) is 32.1 Å². The number of halogens is 3. The molecular weight excluding hydrogens is 490 g/mol. The summed E-state index contributed by atoms with van der Waals surface area (Å²) in [5.74, 6) is -0.961. The van der Waals surface area contributed by atoms with Gasteiger partial charge >= 0.3 is 0 Å². The number of pyridine rings is 1. The topological polar surface area (TPSA) is 84.3 Å². The molecule has 0 amide bonds. The minimum absolute atomic E-state index is 0.169. The summed E-state index contributed by atoms with van der Waals surface area (Å²) in [6, 6.07) is 5.94. The Morgan fingerprint density at radius 3 is 2.75 bits per heavy atom. The van der Waals surface area contributed by atoms with Crippen LogP contribution in [0.5, 0.6) is 5.75 Å². The van der Waals surface area contributed by atoms with Gasteiger partial charge in [0.05, 0.1) is 24.0 Å². The highest BCUT2D eigenvalue weighted by Gasteiger charge is 2.35. The van der Waals surface area contributed by atoms with E-state index in [1.54, 1.807) is 16.5 Å². The van der Waals surface area contributed by atoms with Crippen molar-refractivity contribution in [1.29, 1.82) is 0 Å². The molecule has 2 N–H and O–H groups in total. The van der Waals surface area contributed by atoms with Crippen LogP contribution < -0.4 is 25.8 Å². The second-order valence-electron chi connectivity index (χ2n) is 9.86. The third-order valence-corrected chi connectivity index (χ3v) is 7.60. The van der Waals surface area contributed by atoms with Crippen molar-refractivity contribution in [3.8, 4) is 5.75 Å². The summed E-state index contributed by atoms with van der Waals surface area (Å²) < 4.78 is 34.7. The quantitative estimate of drug-likeness (QED) is 0.508. The molecule has 0 radical (unpaired) electrons. The van der Waals surface area contributed by atoms with E-state index in [9.17, 15) is 13.6 Å². The first kappa shape index (κ1) is 23.3. The number of hydrogen-bond donors (Lipinski definition) is 2. The van der Waals surface area contributed by atoms with Crippen molar-refractivity contribution in [1.82, 2.24) is 14.5 Å². The average molecular weight is 517 g/mol. The number of anilines is 4. The number of fused-ring (bicyclic) bond motifs is 3. The Labute approximate surface area is 211 Å². The highest BCUT2D eigenvalue weighted by molar-refractivity contribution is 6.32. The van der Waals surface area contributed by atoms with Gasteiger partial charge in [-0.05, 0) is 37.0 Å². The fourth-order valence-corrected chi connectivity index (χ4v) is 5.18. The van der Waals surface area contributed by atoms with Crippen molar-refractivity contribution >= 4 is 45.6 Å². The molecule has 1 unspecified atom stereocenters. The van der Waals surface area contributed by atoms with E-state index in [1.807, 2.05) is 18.2 Å². The van der Waals surface area contributed by atoms with Gasteiger partial charge in [-0.1, -0.05) is 11.6 Å². The monoisotopic (exact) mass is 516 g/mol. The zero-order valence-electron chi connectivity index (χ0n) is 19.9. The Bertz CT molecular complexity index is 1380. The standard InChI is InChI=1S/C25H27ClF2N6O2/c1-33-19-5-4-15(12-16(19)20-21(23(33)35)36-11-6-18(31-20)14-2-3-14)30-22-17(26)13-29-24(32-22)34-9-7-25(27,28)8-10-34/h4-5,12-14,18,31H,2-3,6-11H2,1H3,(H,29,30,32). The van der Waals surface area contributed by atoms with Gasteiger partial charge in [-0.3, -0.25) is 4.79 Å². The minimum atomic E-state index is -2.65. The van der Waals surface area contributed by atoms with Crippen LogP contribution in [0.25, 0.3) is 10.9 Å². The van der Waals surface area contributed by atoms with Gasteiger partial charge in [0.1, 0.15) is 5.02 Å². The molecule has 2 fully saturated rings. The smallest absolute Gasteiger partial charge is 0.295 e. The van der Waals surface area contributed by atoms with Gasteiger partial charge < -0.3 is 24.8 Å². The van der Waals surface area contributed by atoms with Crippen LogP contribution in [0.4, 0.5) is 31.9 Å². The Morgan fingerprint density at radius 2 is 2.00 bits per heavy atom. The lowest BCUT2D eigenvalue weighted by atomic mass is 10.1. The van der Waals surface area contributed by atoms with Gasteiger partial charge in [-0.2, -0.15) is 4.98 Å². The van der Waals surface area contributed by atoms with Crippen molar-refractivity contribution in [3.63, 3.8) is 0 Å². The summed E-state index contributed by atoms with van der Waals surface area (Å²) in [5, 5.41) is 8.03. The average Bonchev–Trinajstić information content (AvgIpc) is 3.71. The number of nitrogens with zero attached hydrogens (tertiary/aromatic N) is 4. The zero-order chi connectivity index (χ0) is 25.0. The number of ether oxygens (including phenoxy) is 1. The molecule has 1 saturated heterocycles. The summed E-state index contributed by atoms with van der Waals surface area (Å²) in [6.45, 7) is 0.859. The number of aromatic nitrogens is 3. The highest BCUT2D eigenvalue weighted by Crippen LogP contribution is 2.41. The Hall–Kier alpha value is -3.14. The predicted octanol–water partition coefficient (Wildman–Crippen LogP) is 4.93. The molecule has 8 nitrogen and oxygen atoms in total. The van der Waals surface area contributed by atoms with Gasteiger partial charge in [0.15, 0.2) is 5.82 Å². The van der Waals surface area contributed by atoms with E-state index in [0.29, 0.717) is 40.8 Å². The lowest BCUT2D eigenvalue weighted by Crippen LogP contribution is -2.40. The zero-order valence-corrected chi connectivity index (χ0v) is 20.6.